The van der Waals surface area contributed by atoms with Crippen LogP contribution >= 0.6 is 0 Å². The molecule has 1 aromatic heterocycles. The lowest BCUT2D eigenvalue weighted by Gasteiger charge is -2.32. The van der Waals surface area contributed by atoms with Gasteiger partial charge in [-0.2, -0.15) is 9.40 Å². The van der Waals surface area contributed by atoms with E-state index in [-0.39, 0.29) is 29.3 Å². The zero-order valence-electron chi connectivity index (χ0n) is 15.9. The fourth-order valence-electron chi connectivity index (χ4n) is 3.44. The fourth-order valence-corrected chi connectivity index (χ4v) is 5.30. The highest BCUT2D eigenvalue weighted by Gasteiger charge is 2.36. The van der Waals surface area contributed by atoms with E-state index in [9.17, 15) is 13.2 Å². The van der Waals surface area contributed by atoms with Gasteiger partial charge in [0.25, 0.3) is 0 Å². The summed E-state index contributed by atoms with van der Waals surface area (Å²) in [7, 11) is -3.66. The van der Waals surface area contributed by atoms with Crippen LogP contribution in [0.5, 0.6) is 0 Å². The number of hydrogen-bond donors (Lipinski definition) is 3. The van der Waals surface area contributed by atoms with Gasteiger partial charge in [-0.1, -0.05) is 19.8 Å². The average Bonchev–Trinajstić information content (AvgIpc) is 2.97. The minimum absolute atomic E-state index is 0.0483. The monoisotopic (exact) mass is 385 g/mol. The number of hydrogen-bond acceptors (Lipinski definition) is 5. The molecule has 1 aliphatic heterocycles. The topological polar surface area (TPSA) is 121 Å². The van der Waals surface area contributed by atoms with Gasteiger partial charge in [0, 0.05) is 25.7 Å². The smallest absolute Gasteiger partial charge is 0.246 e. The van der Waals surface area contributed by atoms with E-state index >= 15 is 0 Å². The Labute approximate surface area is 156 Å². The predicted octanol–water partition coefficient (Wildman–Crippen LogP) is 1.06. The second-order valence-electron chi connectivity index (χ2n) is 7.05. The molecule has 1 saturated heterocycles. The van der Waals surface area contributed by atoms with Crippen LogP contribution in [0.4, 0.5) is 0 Å². The van der Waals surface area contributed by atoms with Gasteiger partial charge in [0.2, 0.25) is 15.9 Å². The van der Waals surface area contributed by atoms with Crippen LogP contribution < -0.4 is 11.1 Å². The lowest BCUT2D eigenvalue weighted by molar-refractivity contribution is -0.126. The summed E-state index contributed by atoms with van der Waals surface area (Å²) in [6.45, 7) is 6.48. The molecule has 9 heteroatoms. The SMILES string of the molecule is CCCCC(CN)NC(=O)C1CCCN(S(=O)(=O)c2c(C)n[nH]c2C)C1. The van der Waals surface area contributed by atoms with Crippen LogP contribution in [0.2, 0.25) is 0 Å². The number of nitrogens with one attached hydrogen (secondary N) is 2. The molecule has 2 atom stereocenters. The number of aryl methyl sites for hydroxylation is 2. The molecule has 1 fully saturated rings. The highest BCUT2D eigenvalue weighted by Crippen LogP contribution is 2.27. The van der Waals surface area contributed by atoms with Crippen molar-refractivity contribution in [2.75, 3.05) is 19.6 Å². The standard InChI is InChI=1S/C17H31N5O3S/c1-4-5-8-15(10-18)19-17(23)14-7-6-9-22(11-14)26(24,25)16-12(2)20-21-13(16)3/h14-15H,4-11,18H2,1-3H3,(H,19,23)(H,20,21). The Morgan fingerprint density at radius 1 is 1.46 bits per heavy atom. The van der Waals surface area contributed by atoms with E-state index in [1.807, 2.05) is 0 Å². The largest absolute Gasteiger partial charge is 0.352 e. The molecule has 148 valence electrons. The molecule has 0 radical (unpaired) electrons. The van der Waals surface area contributed by atoms with Crippen molar-refractivity contribution in [3.05, 3.63) is 11.4 Å². The number of piperidine rings is 1. The van der Waals surface area contributed by atoms with Crippen LogP contribution in [0.1, 0.15) is 50.4 Å². The maximum absolute atomic E-state index is 13.0. The third-order valence-corrected chi connectivity index (χ3v) is 7.08. The number of carbonyl (C=O) groups excluding carboxylic acids is 1. The molecule has 8 nitrogen and oxygen atoms in total. The number of carbonyl (C=O) groups is 1. The van der Waals surface area contributed by atoms with Gasteiger partial charge in [-0.05, 0) is 33.1 Å². The highest BCUT2D eigenvalue weighted by atomic mass is 32.2. The lowest BCUT2D eigenvalue weighted by atomic mass is 9.98. The van der Waals surface area contributed by atoms with E-state index in [1.165, 1.54) is 4.31 Å². The first-order valence-electron chi connectivity index (χ1n) is 9.33. The molecular formula is C17H31N5O3S. The predicted molar refractivity (Wildman–Crippen MR) is 100 cm³/mol. The molecule has 1 aliphatic rings. The Bertz CT molecular complexity index is 696. The molecule has 2 heterocycles. The van der Waals surface area contributed by atoms with Crippen molar-refractivity contribution in [2.24, 2.45) is 11.7 Å². The van der Waals surface area contributed by atoms with Crippen molar-refractivity contribution >= 4 is 15.9 Å². The number of sulfonamides is 1. The molecule has 0 spiro atoms. The second-order valence-corrected chi connectivity index (χ2v) is 8.92. The number of H-pyrrole nitrogens is 1. The van der Waals surface area contributed by atoms with Crippen LogP contribution in [-0.4, -0.2) is 54.5 Å². The van der Waals surface area contributed by atoms with Gasteiger partial charge in [0.05, 0.1) is 17.3 Å². The van der Waals surface area contributed by atoms with Crippen molar-refractivity contribution in [3.8, 4) is 0 Å². The number of amides is 1. The molecular weight excluding hydrogens is 354 g/mol. The Hall–Kier alpha value is -1.45. The maximum atomic E-state index is 13.0. The quantitative estimate of drug-likeness (QED) is 0.618. The molecule has 0 aromatic carbocycles. The Morgan fingerprint density at radius 3 is 2.77 bits per heavy atom. The van der Waals surface area contributed by atoms with E-state index in [1.54, 1.807) is 13.8 Å². The van der Waals surface area contributed by atoms with Gasteiger partial charge >= 0.3 is 0 Å². The van der Waals surface area contributed by atoms with Crippen molar-refractivity contribution in [2.45, 2.75) is 63.8 Å². The summed E-state index contributed by atoms with van der Waals surface area (Å²) in [4.78, 5) is 12.8. The summed E-state index contributed by atoms with van der Waals surface area (Å²) in [6.07, 6.45) is 4.25. The van der Waals surface area contributed by atoms with Gasteiger partial charge < -0.3 is 11.1 Å². The third kappa shape index (κ3) is 4.63. The van der Waals surface area contributed by atoms with Gasteiger partial charge in [-0.25, -0.2) is 8.42 Å². The molecule has 0 bridgehead atoms. The maximum Gasteiger partial charge on any atom is 0.246 e. The lowest BCUT2D eigenvalue weighted by Crippen LogP contribution is -2.49. The van der Waals surface area contributed by atoms with Crippen LogP contribution in [0.3, 0.4) is 0 Å². The number of aromatic nitrogens is 2. The summed E-state index contributed by atoms with van der Waals surface area (Å²) < 4.78 is 27.4. The molecule has 1 amide bonds. The normalized spacial score (nSPS) is 20.1. The molecule has 2 unspecified atom stereocenters. The van der Waals surface area contributed by atoms with E-state index < -0.39 is 10.0 Å². The highest BCUT2D eigenvalue weighted by molar-refractivity contribution is 7.89. The average molecular weight is 386 g/mol. The van der Waals surface area contributed by atoms with Gasteiger partial charge in [-0.3, -0.25) is 9.89 Å². The molecule has 26 heavy (non-hydrogen) atoms. The number of rotatable bonds is 8. The summed E-state index contributed by atoms with van der Waals surface area (Å²) in [5, 5.41) is 9.70. The molecule has 1 aromatic rings. The van der Waals surface area contributed by atoms with Crippen LogP contribution in [-0.2, 0) is 14.8 Å². The summed E-state index contributed by atoms with van der Waals surface area (Å²) in [5.74, 6) is -0.446. The van der Waals surface area contributed by atoms with Crippen LogP contribution in [0.25, 0.3) is 0 Å². The Morgan fingerprint density at radius 2 is 2.19 bits per heavy atom. The second kappa shape index (κ2) is 8.96. The molecule has 0 aliphatic carbocycles. The van der Waals surface area contributed by atoms with Crippen molar-refractivity contribution in [3.63, 3.8) is 0 Å². The first-order valence-corrected chi connectivity index (χ1v) is 10.8. The summed E-state index contributed by atoms with van der Waals surface area (Å²) >= 11 is 0. The van der Waals surface area contributed by atoms with Crippen LogP contribution in [0.15, 0.2) is 4.90 Å². The first-order chi connectivity index (χ1) is 12.3. The van der Waals surface area contributed by atoms with Crippen molar-refractivity contribution in [1.29, 1.82) is 0 Å². The molecule has 4 N–H and O–H groups in total. The number of aromatic amines is 1. The summed E-state index contributed by atoms with van der Waals surface area (Å²) in [5.41, 5.74) is 6.73. The third-order valence-electron chi connectivity index (χ3n) is 4.95. The number of nitrogens with zero attached hydrogens (tertiary/aromatic N) is 2. The number of nitrogens with two attached hydrogens (primary N) is 1. The zero-order chi connectivity index (χ0) is 19.3. The molecule has 0 saturated carbocycles. The van der Waals surface area contributed by atoms with E-state index in [0.717, 1.165) is 19.3 Å². The van der Waals surface area contributed by atoms with Gasteiger partial charge in [0.15, 0.2) is 0 Å². The Kier molecular flexibility index (Phi) is 7.19. The van der Waals surface area contributed by atoms with Crippen molar-refractivity contribution < 1.29 is 13.2 Å². The zero-order valence-corrected chi connectivity index (χ0v) is 16.7. The first kappa shape index (κ1) is 20.9. The van der Waals surface area contributed by atoms with E-state index in [2.05, 4.69) is 22.4 Å². The minimum Gasteiger partial charge on any atom is -0.352 e. The summed E-state index contributed by atoms with van der Waals surface area (Å²) in [6, 6.07) is -0.0483. The van der Waals surface area contributed by atoms with Crippen LogP contribution in [0, 0.1) is 19.8 Å². The van der Waals surface area contributed by atoms with Crippen molar-refractivity contribution in [1.82, 2.24) is 19.8 Å². The fraction of sp³-hybridized carbons (Fsp3) is 0.765. The van der Waals surface area contributed by atoms with E-state index in [0.29, 0.717) is 37.3 Å². The van der Waals surface area contributed by atoms with Gasteiger partial charge in [-0.15, -0.1) is 0 Å². The van der Waals surface area contributed by atoms with Gasteiger partial charge in [0.1, 0.15) is 4.90 Å². The Balaban J connectivity index is 2.07. The molecule has 2 rings (SSSR count). The minimum atomic E-state index is -3.66. The van der Waals surface area contributed by atoms with E-state index in [4.69, 9.17) is 5.73 Å². The number of unbranched alkanes of at least 4 members (excludes halogenated alkanes) is 1.